The predicted octanol–water partition coefficient (Wildman–Crippen LogP) is 9.55. The molecule has 0 saturated carbocycles. The number of hydrogen-bond donors (Lipinski definition) is 0. The first-order chi connectivity index (χ1) is 23.3. The van der Waals surface area contributed by atoms with E-state index in [1.807, 2.05) is 11.3 Å². The Labute approximate surface area is 274 Å². The molecule has 0 radical (unpaired) electrons. The maximum atomic E-state index is 7.14. The summed E-state index contributed by atoms with van der Waals surface area (Å²) in [6.07, 6.45) is 0. The number of nitrogens with zero attached hydrogens (tertiary/aromatic N) is 1. The van der Waals surface area contributed by atoms with Crippen LogP contribution in [0.15, 0.2) is 146 Å². The smallest absolute Gasteiger partial charge is 0.260 e. The van der Waals surface area contributed by atoms with E-state index >= 15 is 0 Å². The van der Waals surface area contributed by atoms with Crippen LogP contribution >= 0.6 is 11.3 Å². The van der Waals surface area contributed by atoms with Gasteiger partial charge >= 0.3 is 0 Å². The molecule has 0 aliphatic carbocycles. The molecule has 47 heavy (non-hydrogen) atoms. The fourth-order valence-electron chi connectivity index (χ4n) is 7.88. The first kappa shape index (κ1) is 25.4. The molecular formula is C42H24BNO2S. The van der Waals surface area contributed by atoms with Gasteiger partial charge in [0, 0.05) is 37.4 Å². The van der Waals surface area contributed by atoms with Crippen molar-refractivity contribution in [2.75, 3.05) is 0 Å². The average molecular weight is 618 g/mol. The highest BCUT2D eigenvalue weighted by Gasteiger charge is 2.42. The van der Waals surface area contributed by atoms with E-state index in [1.54, 1.807) is 0 Å². The Kier molecular flexibility index (Phi) is 5.07. The summed E-state index contributed by atoms with van der Waals surface area (Å²) in [5, 5.41) is 4.89. The SMILES string of the molecule is c1ccc(-c2cc3c4c(c2)Oc2c(ccc5c6ccccc6n(-c6ccccc6)c25)B4c2ccc4c(sc5ccccc54)c2O3)cc1. The van der Waals surface area contributed by atoms with Crippen molar-refractivity contribution in [3.05, 3.63) is 146 Å². The van der Waals surface area contributed by atoms with Crippen LogP contribution in [-0.4, -0.2) is 11.3 Å². The molecule has 4 heterocycles. The minimum atomic E-state index is -0.0430. The van der Waals surface area contributed by atoms with Crippen LogP contribution < -0.4 is 25.9 Å². The minimum absolute atomic E-state index is 0.0430. The van der Waals surface area contributed by atoms with Crippen molar-refractivity contribution in [1.82, 2.24) is 4.57 Å². The number of benzene rings is 7. The average Bonchev–Trinajstić information content (AvgIpc) is 3.69. The molecule has 9 aromatic rings. The van der Waals surface area contributed by atoms with Gasteiger partial charge in [0.05, 0.1) is 15.7 Å². The van der Waals surface area contributed by atoms with Crippen LogP contribution in [0.2, 0.25) is 0 Å². The van der Waals surface area contributed by atoms with Crippen LogP contribution in [-0.2, 0) is 0 Å². The molecular weight excluding hydrogens is 593 g/mol. The Morgan fingerprint density at radius 3 is 1.96 bits per heavy atom. The van der Waals surface area contributed by atoms with Crippen LogP contribution in [0.4, 0.5) is 0 Å². The molecule has 0 atom stereocenters. The molecule has 0 spiro atoms. The van der Waals surface area contributed by atoms with Crippen LogP contribution in [0, 0.1) is 0 Å². The van der Waals surface area contributed by atoms with Crippen LogP contribution in [0.3, 0.4) is 0 Å². The standard InChI is InChI=1S/C42H24BNO2S/c1-3-11-25(12-4-1)26-23-35-38-36(24-26)46-41-33(22-20-31-29-16-8-10-18-37(29)47-42(31)41)43(38)32-21-19-30-28-15-7-9-17-34(28)44(39(30)40(32)45-35)27-13-5-2-6-14-27/h1-24H. The van der Waals surface area contributed by atoms with Gasteiger partial charge in [-0.05, 0) is 58.5 Å². The Balaban J connectivity index is 1.26. The largest absolute Gasteiger partial charge is 0.457 e. The lowest BCUT2D eigenvalue weighted by atomic mass is 9.34. The van der Waals surface area contributed by atoms with Gasteiger partial charge in [-0.15, -0.1) is 11.3 Å². The highest BCUT2D eigenvalue weighted by Crippen LogP contribution is 2.46. The Morgan fingerprint density at radius 1 is 0.511 bits per heavy atom. The fourth-order valence-corrected chi connectivity index (χ4v) is 9.08. The van der Waals surface area contributed by atoms with E-state index in [-0.39, 0.29) is 6.71 Å². The molecule has 11 rings (SSSR count). The highest BCUT2D eigenvalue weighted by molar-refractivity contribution is 7.26. The number of para-hydroxylation sites is 2. The molecule has 7 aromatic carbocycles. The van der Waals surface area contributed by atoms with Crippen molar-refractivity contribution in [3.8, 4) is 39.8 Å². The van der Waals surface area contributed by atoms with Gasteiger partial charge in [-0.1, -0.05) is 109 Å². The summed E-state index contributed by atoms with van der Waals surface area (Å²) in [6.45, 7) is -0.0430. The van der Waals surface area contributed by atoms with Gasteiger partial charge in [0.15, 0.2) is 0 Å². The topological polar surface area (TPSA) is 23.4 Å². The molecule has 0 amide bonds. The molecule has 0 unspecified atom stereocenters. The summed E-state index contributed by atoms with van der Waals surface area (Å²) in [4.78, 5) is 0. The number of rotatable bonds is 2. The third-order valence-corrected chi connectivity index (χ3v) is 11.1. The van der Waals surface area contributed by atoms with Crippen molar-refractivity contribution < 1.29 is 9.47 Å². The molecule has 0 saturated heterocycles. The van der Waals surface area contributed by atoms with Crippen LogP contribution in [0.1, 0.15) is 0 Å². The first-order valence-corrected chi connectivity index (χ1v) is 16.8. The van der Waals surface area contributed by atoms with E-state index in [0.29, 0.717) is 0 Å². The molecule has 0 fully saturated rings. The van der Waals surface area contributed by atoms with Crippen molar-refractivity contribution in [3.63, 3.8) is 0 Å². The lowest BCUT2D eigenvalue weighted by molar-refractivity contribution is 0.470. The Morgan fingerprint density at radius 2 is 1.15 bits per heavy atom. The molecule has 2 aliphatic rings. The summed E-state index contributed by atoms with van der Waals surface area (Å²) in [5.74, 6) is 3.56. The monoisotopic (exact) mass is 617 g/mol. The quantitative estimate of drug-likeness (QED) is 0.181. The minimum Gasteiger partial charge on any atom is -0.457 e. The van der Waals surface area contributed by atoms with Gasteiger partial charge in [-0.3, -0.25) is 0 Å². The van der Waals surface area contributed by atoms with E-state index in [0.717, 1.165) is 61.8 Å². The summed E-state index contributed by atoms with van der Waals surface area (Å²) in [5.41, 5.74) is 8.98. The van der Waals surface area contributed by atoms with E-state index < -0.39 is 0 Å². The Bertz CT molecular complexity index is 2750. The van der Waals surface area contributed by atoms with Gasteiger partial charge in [-0.25, -0.2) is 0 Å². The van der Waals surface area contributed by atoms with Crippen molar-refractivity contribution in [2.24, 2.45) is 0 Å². The lowest BCUT2D eigenvalue weighted by Gasteiger charge is -2.34. The highest BCUT2D eigenvalue weighted by atomic mass is 32.1. The molecule has 2 aromatic heterocycles. The zero-order valence-electron chi connectivity index (χ0n) is 25.1. The zero-order valence-corrected chi connectivity index (χ0v) is 25.9. The van der Waals surface area contributed by atoms with Crippen LogP contribution in [0.25, 0.3) is 58.8 Å². The third kappa shape index (κ3) is 3.47. The maximum Gasteiger partial charge on any atom is 0.260 e. The number of hydrogen-bond acceptors (Lipinski definition) is 3. The molecule has 3 nitrogen and oxygen atoms in total. The summed E-state index contributed by atoms with van der Waals surface area (Å²) >= 11 is 1.81. The van der Waals surface area contributed by atoms with Crippen molar-refractivity contribution in [1.29, 1.82) is 0 Å². The van der Waals surface area contributed by atoms with Gasteiger partial charge in [0.25, 0.3) is 6.71 Å². The number of thiophene rings is 1. The molecule has 218 valence electrons. The number of aromatic nitrogens is 1. The second-order valence-electron chi connectivity index (χ2n) is 12.4. The molecule has 2 aliphatic heterocycles. The maximum absolute atomic E-state index is 7.14. The van der Waals surface area contributed by atoms with Gasteiger partial charge in [-0.2, -0.15) is 0 Å². The normalized spacial score (nSPS) is 13.0. The lowest BCUT2D eigenvalue weighted by Crippen LogP contribution is -2.57. The summed E-state index contributed by atoms with van der Waals surface area (Å²) in [7, 11) is 0. The number of fused-ring (bicyclic) bond motifs is 12. The van der Waals surface area contributed by atoms with Gasteiger partial charge in [0.2, 0.25) is 0 Å². The zero-order chi connectivity index (χ0) is 30.6. The Hall–Kier alpha value is -5.78. The molecule has 0 bridgehead atoms. The third-order valence-electron chi connectivity index (χ3n) is 9.91. The second kappa shape index (κ2) is 9.38. The van der Waals surface area contributed by atoms with Gasteiger partial charge < -0.3 is 14.0 Å². The van der Waals surface area contributed by atoms with E-state index in [2.05, 4.69) is 150 Å². The van der Waals surface area contributed by atoms with E-state index in [4.69, 9.17) is 9.47 Å². The van der Waals surface area contributed by atoms with Crippen molar-refractivity contribution >= 4 is 76.4 Å². The predicted molar refractivity (Wildman–Crippen MR) is 197 cm³/mol. The summed E-state index contributed by atoms with van der Waals surface area (Å²) in [6, 6.07) is 52.0. The van der Waals surface area contributed by atoms with E-state index in [9.17, 15) is 0 Å². The van der Waals surface area contributed by atoms with E-state index in [1.165, 1.54) is 36.4 Å². The van der Waals surface area contributed by atoms with Crippen LogP contribution in [0.5, 0.6) is 23.0 Å². The first-order valence-electron chi connectivity index (χ1n) is 16.0. The molecule has 0 N–H and O–H groups in total. The second-order valence-corrected chi connectivity index (χ2v) is 13.5. The fraction of sp³-hybridized carbons (Fsp3) is 0. The summed E-state index contributed by atoms with van der Waals surface area (Å²) < 4.78 is 19.0. The van der Waals surface area contributed by atoms with Gasteiger partial charge in [0.1, 0.15) is 23.0 Å². The molecule has 5 heteroatoms. The number of ether oxygens (including phenoxy) is 2. The van der Waals surface area contributed by atoms with Crippen molar-refractivity contribution in [2.45, 2.75) is 0 Å².